The lowest BCUT2D eigenvalue weighted by molar-refractivity contribution is 0.0697. The molecular formula is C15H20N4O2S. The van der Waals surface area contributed by atoms with Crippen LogP contribution in [0.2, 0.25) is 0 Å². The third-order valence-electron chi connectivity index (χ3n) is 3.58. The number of aromatic carboxylic acids is 1. The van der Waals surface area contributed by atoms with Gasteiger partial charge in [0.2, 0.25) is 5.16 Å². The predicted octanol–water partition coefficient (Wildman–Crippen LogP) is 2.89. The molecule has 7 heteroatoms. The van der Waals surface area contributed by atoms with Gasteiger partial charge in [-0.25, -0.2) is 9.47 Å². The summed E-state index contributed by atoms with van der Waals surface area (Å²) in [5.41, 5.74) is 1.20. The van der Waals surface area contributed by atoms with E-state index < -0.39 is 5.97 Å². The number of carbonyl (C=O) groups is 1. The van der Waals surface area contributed by atoms with Crippen LogP contribution in [-0.4, -0.2) is 25.9 Å². The largest absolute Gasteiger partial charge is 0.478 e. The molecule has 0 aliphatic heterocycles. The molecule has 0 saturated carbocycles. The summed E-state index contributed by atoms with van der Waals surface area (Å²) < 4.78 is 1.55. The second-order valence-electron chi connectivity index (χ2n) is 5.02. The van der Waals surface area contributed by atoms with Gasteiger partial charge in [0, 0.05) is 11.7 Å². The third kappa shape index (κ3) is 3.59. The molecule has 0 fully saturated rings. The molecular weight excluding hydrogens is 300 g/mol. The highest BCUT2D eigenvalue weighted by molar-refractivity contribution is 7.98. The number of nitrogen functional groups attached to an aromatic ring is 1. The van der Waals surface area contributed by atoms with Crippen molar-refractivity contribution >= 4 is 17.7 Å². The zero-order valence-corrected chi connectivity index (χ0v) is 13.5. The van der Waals surface area contributed by atoms with Crippen LogP contribution in [0.5, 0.6) is 0 Å². The zero-order valence-electron chi connectivity index (χ0n) is 12.7. The lowest BCUT2D eigenvalue weighted by atomic mass is 10.0. The molecule has 0 amide bonds. The maximum absolute atomic E-state index is 11.0. The summed E-state index contributed by atoms with van der Waals surface area (Å²) in [7, 11) is 0. The highest BCUT2D eigenvalue weighted by Gasteiger charge is 2.17. The minimum atomic E-state index is -0.926. The minimum absolute atomic E-state index is 0.282. The van der Waals surface area contributed by atoms with E-state index in [2.05, 4.69) is 24.0 Å². The van der Waals surface area contributed by atoms with Gasteiger partial charge in [0.15, 0.2) is 5.82 Å². The first-order valence-corrected chi connectivity index (χ1v) is 8.20. The summed E-state index contributed by atoms with van der Waals surface area (Å²) in [4.78, 5) is 11.0. The van der Waals surface area contributed by atoms with Crippen molar-refractivity contribution in [3.63, 3.8) is 0 Å². The Bertz CT molecular complexity index is 653. The Hall–Kier alpha value is -2.02. The Morgan fingerprint density at radius 2 is 2.09 bits per heavy atom. The van der Waals surface area contributed by atoms with Gasteiger partial charge in [-0.2, -0.15) is 0 Å². The fourth-order valence-electron chi connectivity index (χ4n) is 2.26. The first-order valence-electron chi connectivity index (χ1n) is 7.22. The van der Waals surface area contributed by atoms with Gasteiger partial charge in [-0.1, -0.05) is 37.7 Å². The van der Waals surface area contributed by atoms with Gasteiger partial charge in [0.25, 0.3) is 0 Å². The van der Waals surface area contributed by atoms with Crippen molar-refractivity contribution in [3.05, 3.63) is 41.2 Å². The molecule has 118 valence electrons. The van der Waals surface area contributed by atoms with Gasteiger partial charge >= 0.3 is 5.97 Å². The maximum atomic E-state index is 11.0. The summed E-state index contributed by atoms with van der Waals surface area (Å²) in [6.07, 6.45) is 1.94. The summed E-state index contributed by atoms with van der Waals surface area (Å²) in [6, 6.07) is 6.86. The highest BCUT2D eigenvalue weighted by atomic mass is 32.2. The minimum Gasteiger partial charge on any atom is -0.478 e. The van der Waals surface area contributed by atoms with Gasteiger partial charge in [-0.05, 0) is 30.5 Å². The molecule has 0 saturated heterocycles. The zero-order chi connectivity index (χ0) is 16.1. The fourth-order valence-corrected chi connectivity index (χ4v) is 3.07. The number of hydrogen-bond donors (Lipinski definition) is 2. The predicted molar refractivity (Wildman–Crippen MR) is 86.5 cm³/mol. The van der Waals surface area contributed by atoms with Crippen molar-refractivity contribution in [1.29, 1.82) is 0 Å². The van der Waals surface area contributed by atoms with Crippen molar-refractivity contribution in [2.45, 2.75) is 43.5 Å². The Kier molecular flexibility index (Phi) is 5.43. The van der Waals surface area contributed by atoms with Crippen LogP contribution in [-0.2, 0) is 5.75 Å². The Morgan fingerprint density at radius 3 is 2.73 bits per heavy atom. The van der Waals surface area contributed by atoms with Crippen LogP contribution in [0.3, 0.4) is 0 Å². The molecule has 3 N–H and O–H groups in total. The molecule has 22 heavy (non-hydrogen) atoms. The molecule has 1 aromatic carbocycles. The second kappa shape index (κ2) is 7.31. The molecule has 0 radical (unpaired) electrons. The monoisotopic (exact) mass is 320 g/mol. The number of carboxylic acid groups (broad SMARTS) is 1. The fraction of sp³-hybridized carbons (Fsp3) is 0.400. The van der Waals surface area contributed by atoms with Gasteiger partial charge in [0.05, 0.1) is 5.56 Å². The summed E-state index contributed by atoms with van der Waals surface area (Å²) in [5, 5.41) is 18.0. The lowest BCUT2D eigenvalue weighted by Gasteiger charge is -2.11. The van der Waals surface area contributed by atoms with Crippen molar-refractivity contribution in [2.75, 3.05) is 5.84 Å². The smallest absolute Gasteiger partial charge is 0.335 e. The first kappa shape index (κ1) is 16.4. The normalized spacial score (nSPS) is 11.0. The average Bonchev–Trinajstić information content (AvgIpc) is 2.88. The van der Waals surface area contributed by atoms with Gasteiger partial charge < -0.3 is 10.9 Å². The number of hydrogen-bond acceptors (Lipinski definition) is 5. The van der Waals surface area contributed by atoms with E-state index in [1.54, 1.807) is 22.9 Å². The molecule has 2 rings (SSSR count). The summed E-state index contributed by atoms with van der Waals surface area (Å²) >= 11 is 1.45. The molecule has 0 spiro atoms. The molecule has 0 aliphatic carbocycles. The summed E-state index contributed by atoms with van der Waals surface area (Å²) in [6.45, 7) is 4.21. The average molecular weight is 320 g/mol. The number of nitrogens with two attached hydrogens (primary N) is 1. The van der Waals surface area contributed by atoms with E-state index >= 15 is 0 Å². The number of rotatable bonds is 7. The van der Waals surface area contributed by atoms with Crippen LogP contribution in [0.1, 0.15) is 54.4 Å². The number of nitrogens with zero attached hydrogens (tertiary/aromatic N) is 3. The Labute approximate surface area is 133 Å². The quantitative estimate of drug-likeness (QED) is 0.602. The molecule has 0 aliphatic rings. The first-order chi connectivity index (χ1) is 10.6. The van der Waals surface area contributed by atoms with E-state index in [-0.39, 0.29) is 5.56 Å². The standard InChI is InChI=1S/C15H20N4O2S/c1-3-11(4-2)13-17-18-15(19(13)16)22-9-10-6-5-7-12(8-10)14(20)21/h5-8,11H,3-4,9,16H2,1-2H3,(H,20,21). The molecule has 0 atom stereocenters. The van der Waals surface area contributed by atoms with E-state index in [0.717, 1.165) is 24.2 Å². The van der Waals surface area contributed by atoms with Crippen molar-refractivity contribution in [2.24, 2.45) is 0 Å². The van der Waals surface area contributed by atoms with Crippen LogP contribution in [0.4, 0.5) is 0 Å². The van der Waals surface area contributed by atoms with Crippen molar-refractivity contribution in [1.82, 2.24) is 14.9 Å². The second-order valence-corrected chi connectivity index (χ2v) is 5.96. The molecule has 1 aromatic heterocycles. The molecule has 2 aromatic rings. The van der Waals surface area contributed by atoms with E-state index in [9.17, 15) is 4.79 Å². The van der Waals surface area contributed by atoms with E-state index in [1.807, 2.05) is 6.07 Å². The van der Waals surface area contributed by atoms with E-state index in [1.165, 1.54) is 11.8 Å². The highest BCUT2D eigenvalue weighted by Crippen LogP contribution is 2.25. The van der Waals surface area contributed by atoms with E-state index in [0.29, 0.717) is 16.8 Å². The SMILES string of the molecule is CCC(CC)c1nnc(SCc2cccc(C(=O)O)c2)n1N. The lowest BCUT2D eigenvalue weighted by Crippen LogP contribution is -2.16. The molecule has 1 heterocycles. The van der Waals surface area contributed by atoms with Crippen LogP contribution >= 0.6 is 11.8 Å². The van der Waals surface area contributed by atoms with Crippen LogP contribution < -0.4 is 5.84 Å². The van der Waals surface area contributed by atoms with Crippen molar-refractivity contribution in [3.8, 4) is 0 Å². The van der Waals surface area contributed by atoms with Gasteiger partial charge in [0.1, 0.15) is 0 Å². The molecule has 6 nitrogen and oxygen atoms in total. The third-order valence-corrected chi connectivity index (χ3v) is 4.60. The van der Waals surface area contributed by atoms with Crippen LogP contribution in [0.25, 0.3) is 0 Å². The van der Waals surface area contributed by atoms with Crippen LogP contribution in [0, 0.1) is 0 Å². The number of thioether (sulfide) groups is 1. The maximum Gasteiger partial charge on any atom is 0.335 e. The molecule has 0 unspecified atom stereocenters. The van der Waals surface area contributed by atoms with Crippen LogP contribution in [0.15, 0.2) is 29.4 Å². The number of carboxylic acids is 1. The number of benzene rings is 1. The Morgan fingerprint density at radius 1 is 1.36 bits per heavy atom. The topological polar surface area (TPSA) is 94.0 Å². The summed E-state index contributed by atoms with van der Waals surface area (Å²) in [5.74, 6) is 6.85. The van der Waals surface area contributed by atoms with Gasteiger partial charge in [-0.3, -0.25) is 0 Å². The Balaban J connectivity index is 2.09. The van der Waals surface area contributed by atoms with E-state index in [4.69, 9.17) is 10.9 Å². The van der Waals surface area contributed by atoms with Gasteiger partial charge in [-0.15, -0.1) is 10.2 Å². The van der Waals surface area contributed by atoms with Crippen molar-refractivity contribution < 1.29 is 9.90 Å². The molecule has 0 bridgehead atoms. The number of aromatic nitrogens is 3.